The van der Waals surface area contributed by atoms with Crippen LogP contribution >= 0.6 is 34.5 Å². The molecule has 13 nitrogen and oxygen atoms in total. The number of rotatable bonds is 13. The van der Waals surface area contributed by atoms with Gasteiger partial charge in [0.25, 0.3) is 0 Å². The lowest BCUT2D eigenvalue weighted by Crippen LogP contribution is -2.55. The number of nitriles is 1. The number of thiazole rings is 1. The summed E-state index contributed by atoms with van der Waals surface area (Å²) >= 11 is 13.5. The number of anilines is 1. The lowest BCUT2D eigenvalue weighted by molar-refractivity contribution is -0.142. The summed E-state index contributed by atoms with van der Waals surface area (Å²) < 4.78 is 49.1. The maximum Gasteiger partial charge on any atom is 0.326 e. The van der Waals surface area contributed by atoms with Crippen molar-refractivity contribution in [3.63, 3.8) is 0 Å². The zero-order chi connectivity index (χ0) is 46.8. The van der Waals surface area contributed by atoms with Gasteiger partial charge in [0.1, 0.15) is 31.0 Å². The summed E-state index contributed by atoms with van der Waals surface area (Å²) in [4.78, 5) is 31.3. The number of carbonyl (C=O) groups excluding carboxylic acids is 1. The van der Waals surface area contributed by atoms with Gasteiger partial charge in [0, 0.05) is 23.9 Å². The number of benzene rings is 6. The van der Waals surface area contributed by atoms with Crippen LogP contribution in [-0.2, 0) is 45.6 Å². The summed E-state index contributed by atoms with van der Waals surface area (Å²) in [5.41, 5.74) is 12.9. The summed E-state index contributed by atoms with van der Waals surface area (Å²) in [6, 6.07) is 36.0. The molecule has 1 aromatic heterocycles. The summed E-state index contributed by atoms with van der Waals surface area (Å²) in [6.07, 6.45) is -0.642. The molecule has 6 aromatic carbocycles. The minimum Gasteiger partial charge on any atom is -0.489 e. The van der Waals surface area contributed by atoms with Crippen LogP contribution in [0.25, 0.3) is 22.4 Å². The van der Waals surface area contributed by atoms with Gasteiger partial charge in [0.15, 0.2) is 22.7 Å². The number of sulfonamides is 1. The second-order valence-electron chi connectivity index (χ2n) is 15.9. The predicted molar refractivity (Wildman–Crippen MR) is 255 cm³/mol. The first-order valence-electron chi connectivity index (χ1n) is 20.9. The molecule has 9 rings (SSSR count). The number of fused-ring (bicyclic) bond motifs is 2. The Bertz CT molecular complexity index is 3140. The molecule has 4 N–H and O–H groups in total. The Morgan fingerprint density at radius 3 is 2.21 bits per heavy atom. The van der Waals surface area contributed by atoms with Crippen LogP contribution < -0.4 is 25.3 Å². The molecule has 0 saturated heterocycles. The quantitative estimate of drug-likeness (QED) is 0.0997. The van der Waals surface area contributed by atoms with E-state index in [1.165, 1.54) is 23.5 Å². The minimum absolute atomic E-state index is 0.0677. The highest BCUT2D eigenvalue weighted by atomic mass is 35.5. The first-order chi connectivity index (χ1) is 32.3. The van der Waals surface area contributed by atoms with Crippen LogP contribution in [-0.4, -0.2) is 53.4 Å². The van der Waals surface area contributed by atoms with E-state index in [-0.39, 0.29) is 37.5 Å². The minimum atomic E-state index is -4.38. The van der Waals surface area contributed by atoms with Crippen molar-refractivity contribution in [2.24, 2.45) is 0 Å². The number of aliphatic carboxylic acids is 1. The molecule has 3 atom stereocenters. The number of halogens is 2. The first kappa shape index (κ1) is 45.2. The van der Waals surface area contributed by atoms with Crippen molar-refractivity contribution in [2.75, 3.05) is 12.3 Å². The van der Waals surface area contributed by atoms with E-state index in [1.807, 2.05) is 54.6 Å². The van der Waals surface area contributed by atoms with E-state index >= 15 is 0 Å². The molecule has 67 heavy (non-hydrogen) atoms. The van der Waals surface area contributed by atoms with Crippen LogP contribution in [0.1, 0.15) is 39.5 Å². The SMILES string of the molecule is N#Cc1ccc(-c2ccc(CC(NC(=O)[C@@H]3Cc4cc5c(cc4CN3S(=O)(=O)c3ccc(-c4csc(N)n4)cc3)O[C@@H](c3ccc(OCc4ccc(Cl)c(Cl)c4)cc3)CO5)C(=O)O)cc2)cc1. The molecule has 17 heteroatoms. The van der Waals surface area contributed by atoms with Crippen molar-refractivity contribution in [1.82, 2.24) is 14.6 Å². The van der Waals surface area contributed by atoms with Gasteiger partial charge in [-0.2, -0.15) is 9.57 Å². The van der Waals surface area contributed by atoms with Crippen LogP contribution in [0.4, 0.5) is 5.13 Å². The van der Waals surface area contributed by atoms with Crippen molar-refractivity contribution < 1.29 is 37.3 Å². The van der Waals surface area contributed by atoms with Gasteiger partial charge in [0.2, 0.25) is 15.9 Å². The van der Waals surface area contributed by atoms with Gasteiger partial charge < -0.3 is 30.4 Å². The van der Waals surface area contributed by atoms with Gasteiger partial charge in [-0.1, -0.05) is 89.9 Å². The van der Waals surface area contributed by atoms with Gasteiger partial charge in [-0.05, 0) is 106 Å². The molecule has 1 amide bonds. The summed E-state index contributed by atoms with van der Waals surface area (Å²) in [5.74, 6) is -0.595. The third-order valence-corrected chi connectivity index (χ3v) is 14.9. The lowest BCUT2D eigenvalue weighted by Gasteiger charge is -2.37. The van der Waals surface area contributed by atoms with E-state index in [2.05, 4.69) is 16.4 Å². The van der Waals surface area contributed by atoms with Gasteiger partial charge >= 0.3 is 5.97 Å². The van der Waals surface area contributed by atoms with E-state index in [1.54, 1.807) is 66.0 Å². The number of amides is 1. The number of carbonyl (C=O) groups is 2. The van der Waals surface area contributed by atoms with Crippen molar-refractivity contribution >= 4 is 61.6 Å². The third kappa shape index (κ3) is 9.95. The third-order valence-electron chi connectivity index (χ3n) is 11.6. The first-order valence-corrected chi connectivity index (χ1v) is 24.0. The summed E-state index contributed by atoms with van der Waals surface area (Å²) in [7, 11) is -4.38. The van der Waals surface area contributed by atoms with Crippen LogP contribution in [0.2, 0.25) is 10.0 Å². The van der Waals surface area contributed by atoms with Crippen LogP contribution in [0, 0.1) is 11.3 Å². The maximum atomic E-state index is 14.7. The molecule has 3 heterocycles. The van der Waals surface area contributed by atoms with Crippen molar-refractivity contribution in [2.45, 2.75) is 49.1 Å². The smallest absolute Gasteiger partial charge is 0.326 e. The van der Waals surface area contributed by atoms with Gasteiger partial charge in [-0.25, -0.2) is 18.2 Å². The highest BCUT2D eigenvalue weighted by Gasteiger charge is 2.42. The molecule has 2 aliphatic heterocycles. The van der Waals surface area contributed by atoms with Gasteiger partial charge in [0.05, 0.1) is 32.3 Å². The van der Waals surface area contributed by atoms with Gasteiger partial charge in [-0.15, -0.1) is 11.3 Å². The Kier molecular flexibility index (Phi) is 12.9. The number of nitrogens with two attached hydrogens (primary N) is 1. The highest BCUT2D eigenvalue weighted by molar-refractivity contribution is 7.89. The molecule has 0 bridgehead atoms. The molecule has 0 fully saturated rings. The number of nitrogens with one attached hydrogen (secondary N) is 1. The predicted octanol–water partition coefficient (Wildman–Crippen LogP) is 9.26. The molecule has 338 valence electrons. The summed E-state index contributed by atoms with van der Waals surface area (Å²) in [6.45, 7) is 0.247. The Labute approximate surface area is 400 Å². The molecule has 0 spiro atoms. The fourth-order valence-electron chi connectivity index (χ4n) is 7.97. The fraction of sp³-hybridized carbons (Fsp3) is 0.160. The number of ether oxygens (including phenoxy) is 3. The maximum absolute atomic E-state index is 14.7. The number of carboxylic acid groups (broad SMARTS) is 1. The monoisotopic (exact) mass is 971 g/mol. The van der Waals surface area contributed by atoms with E-state index in [0.29, 0.717) is 65.9 Å². The second kappa shape index (κ2) is 19.1. The van der Waals surface area contributed by atoms with Gasteiger partial charge in [-0.3, -0.25) is 4.79 Å². The molecule has 2 aliphatic rings. The molecule has 0 aliphatic carbocycles. The number of aromatic nitrogens is 1. The van der Waals surface area contributed by atoms with E-state index in [4.69, 9.17) is 48.4 Å². The molecular weight excluding hydrogens is 934 g/mol. The van der Waals surface area contributed by atoms with Crippen molar-refractivity contribution in [1.29, 1.82) is 5.26 Å². The number of carboxylic acids is 1. The largest absolute Gasteiger partial charge is 0.489 e. The number of hydrogen-bond donors (Lipinski definition) is 3. The molecular formula is C50H39Cl2N5O8S2. The number of nitrogens with zero attached hydrogens (tertiary/aromatic N) is 3. The van der Waals surface area contributed by atoms with Crippen molar-refractivity contribution in [3.8, 4) is 45.7 Å². The fourth-order valence-corrected chi connectivity index (χ4v) is 10.4. The lowest BCUT2D eigenvalue weighted by atomic mass is 9.93. The Hall–Kier alpha value is -6.93. The molecule has 1 unspecified atom stereocenters. The van der Waals surface area contributed by atoms with Crippen LogP contribution in [0.3, 0.4) is 0 Å². The van der Waals surface area contributed by atoms with E-state index in [0.717, 1.165) is 26.6 Å². The second-order valence-corrected chi connectivity index (χ2v) is 19.5. The normalized spacial score (nSPS) is 16.0. The van der Waals surface area contributed by atoms with E-state index in [9.17, 15) is 23.1 Å². The summed E-state index contributed by atoms with van der Waals surface area (Å²) in [5, 5.41) is 25.2. The Morgan fingerprint density at radius 2 is 1.55 bits per heavy atom. The molecule has 0 saturated carbocycles. The Balaban J connectivity index is 0.953. The topological polar surface area (TPSA) is 194 Å². The average molecular weight is 973 g/mol. The van der Waals surface area contributed by atoms with Crippen LogP contribution in [0.5, 0.6) is 17.2 Å². The Morgan fingerprint density at radius 1 is 0.881 bits per heavy atom. The number of hydrogen-bond acceptors (Lipinski definition) is 11. The van der Waals surface area contributed by atoms with E-state index < -0.39 is 40.1 Å². The number of nitrogen functional groups attached to an aromatic ring is 1. The van der Waals surface area contributed by atoms with Crippen molar-refractivity contribution in [3.05, 3.63) is 176 Å². The highest BCUT2D eigenvalue weighted by Crippen LogP contribution is 2.42. The zero-order valence-corrected chi connectivity index (χ0v) is 38.4. The molecule has 7 aromatic rings. The zero-order valence-electron chi connectivity index (χ0n) is 35.3. The van der Waals surface area contributed by atoms with Crippen LogP contribution in [0.15, 0.2) is 138 Å². The molecule has 0 radical (unpaired) electrons. The average Bonchev–Trinajstić information content (AvgIpc) is 3.79. The standard InChI is InChI=1S/C50H39Cl2N5O8S2/c51-40-18-5-31(19-41(40)52)26-63-38-14-10-35(11-15-38)47-27-64-45-22-36-21-44(48(58)55-42(49(59)60)20-29-1-6-32(7-2-29)33-8-3-30(24-53)4-9-33)57(25-37(36)23-46(45)65-47)67(61,62)39-16-12-34(13-17-39)43-28-66-50(54)56-43/h1-19,22-23,28,42,44,47H,20-21,25-27H2,(H2,54,56)(H,55,58)(H,59,60)/t42?,44-,47+/m0/s1.